The number of hydrogen-bond acceptors (Lipinski definition) is 13. The Kier molecular flexibility index (Phi) is 12.4. The molecule has 1 unspecified atom stereocenters. The van der Waals surface area contributed by atoms with Gasteiger partial charge in [0.25, 0.3) is 21.6 Å². The number of sulfonamides is 1. The fourth-order valence-electron chi connectivity index (χ4n) is 9.00. The van der Waals surface area contributed by atoms with Gasteiger partial charge < -0.3 is 34.3 Å². The summed E-state index contributed by atoms with van der Waals surface area (Å²) in [6, 6.07) is 19.2. The van der Waals surface area contributed by atoms with E-state index in [0.717, 1.165) is 37.9 Å². The first-order valence-electron chi connectivity index (χ1n) is 21.7. The van der Waals surface area contributed by atoms with Crippen molar-refractivity contribution in [2.75, 3.05) is 80.8 Å². The summed E-state index contributed by atoms with van der Waals surface area (Å²) in [7, 11) is -4.76. The minimum atomic E-state index is -4.76. The minimum absolute atomic E-state index is 0.0226. The lowest BCUT2D eigenvalue weighted by Crippen LogP contribution is -2.47. The molecule has 1 atom stereocenters. The van der Waals surface area contributed by atoms with Crippen LogP contribution in [0.1, 0.15) is 49.0 Å². The van der Waals surface area contributed by atoms with Crippen LogP contribution < -0.4 is 24.6 Å². The number of ether oxygens (including phenoxy) is 3. The topological polar surface area (TPSA) is 185 Å². The number of benzene rings is 3. The van der Waals surface area contributed by atoms with E-state index in [0.29, 0.717) is 61.1 Å². The zero-order chi connectivity index (χ0) is 46.4. The molecule has 3 N–H and O–H groups in total. The van der Waals surface area contributed by atoms with Crippen LogP contribution in [0.3, 0.4) is 0 Å². The number of anilines is 4. The van der Waals surface area contributed by atoms with Gasteiger partial charge in [0.2, 0.25) is 5.88 Å². The van der Waals surface area contributed by atoms with Crippen molar-refractivity contribution in [1.29, 1.82) is 0 Å². The second-order valence-corrected chi connectivity index (χ2v) is 19.9. The number of piperazine rings is 1. The van der Waals surface area contributed by atoms with Crippen LogP contribution in [0.15, 0.2) is 89.5 Å². The number of nitro benzene ring substituents is 1. The van der Waals surface area contributed by atoms with Crippen molar-refractivity contribution in [1.82, 2.24) is 19.6 Å². The second kappa shape index (κ2) is 18.1. The fraction of sp³-hybridized carbons (Fsp3) is 0.391. The van der Waals surface area contributed by atoms with Crippen molar-refractivity contribution < 1.29 is 41.1 Å². The number of amides is 1. The number of carbonyl (C=O) groups is 1. The summed E-state index contributed by atoms with van der Waals surface area (Å²) in [4.78, 5) is 38.0. The molecule has 9 rings (SSSR count). The van der Waals surface area contributed by atoms with Crippen molar-refractivity contribution in [2.45, 2.75) is 50.2 Å². The van der Waals surface area contributed by atoms with Gasteiger partial charge in [0.1, 0.15) is 23.6 Å². The number of allylic oxidation sites excluding steroid dienone is 1. The molecule has 0 radical (unpaired) electrons. The predicted molar refractivity (Wildman–Crippen MR) is 247 cm³/mol. The Morgan fingerprint density at radius 3 is 2.55 bits per heavy atom. The largest absolute Gasteiger partial charge is 0.417 e. The van der Waals surface area contributed by atoms with Crippen LogP contribution in [0, 0.1) is 15.5 Å². The van der Waals surface area contributed by atoms with Gasteiger partial charge in [0, 0.05) is 67.6 Å². The van der Waals surface area contributed by atoms with E-state index in [2.05, 4.69) is 51.1 Å². The zero-order valence-electron chi connectivity index (χ0n) is 36.3. The van der Waals surface area contributed by atoms with Gasteiger partial charge in [-0.25, -0.2) is 13.1 Å². The highest BCUT2D eigenvalue weighted by Crippen LogP contribution is 2.46. The molecule has 3 aliphatic heterocycles. The normalized spacial score (nSPS) is 19.9. The summed E-state index contributed by atoms with van der Waals surface area (Å²) in [5.41, 5.74) is 4.38. The highest BCUT2D eigenvalue weighted by Gasteiger charge is 2.43. The lowest BCUT2D eigenvalue weighted by atomic mass is 9.72. The number of fused-ring (bicyclic) bond motifs is 2. The average Bonchev–Trinajstić information content (AvgIpc) is 3.75. The summed E-state index contributed by atoms with van der Waals surface area (Å²) >= 11 is 6.24. The molecule has 0 bridgehead atoms. The first-order valence-corrected chi connectivity index (χ1v) is 23.6. The Labute approximate surface area is 385 Å². The number of aromatic amines is 1. The summed E-state index contributed by atoms with van der Waals surface area (Å²) < 4.78 is 76.8. The minimum Gasteiger partial charge on any atom is -0.411 e. The molecule has 2 aromatic heterocycles. The molecule has 1 aliphatic carbocycles. The summed E-state index contributed by atoms with van der Waals surface area (Å²) in [5.74, 6) is -1.53. The van der Waals surface area contributed by atoms with Gasteiger partial charge in [-0.05, 0) is 90.4 Å². The molecule has 66 heavy (non-hydrogen) atoms. The third kappa shape index (κ3) is 9.81. The quantitative estimate of drug-likeness (QED) is 0.0809. The first kappa shape index (κ1) is 45.3. The Hall–Kier alpha value is -5.86. The van der Waals surface area contributed by atoms with Crippen LogP contribution in [0.5, 0.6) is 5.88 Å². The smallest absolute Gasteiger partial charge is 0.411 e. The highest BCUT2D eigenvalue weighted by molar-refractivity contribution is 7.90. The number of hydrogen-bond donors (Lipinski definition) is 3. The van der Waals surface area contributed by atoms with Crippen LogP contribution in [-0.4, -0.2) is 112 Å². The molecule has 1 amide bonds. The van der Waals surface area contributed by atoms with E-state index in [1.165, 1.54) is 33.7 Å². The third-order valence-electron chi connectivity index (χ3n) is 12.5. The molecule has 5 heterocycles. The SMILES string of the molecule is CC1(C)CCC(CN2CCN(c3ccc(C(=O)NS(=O)(=O)c4ccc(NCC5COCCO5)c([N+](=O)[O-])c4)c(N4CC(F)(F)Oc5nc6[nH]ccc6cc54)c3)CC2)=C(c2ccc(Cl)cc2)C1. The van der Waals surface area contributed by atoms with Crippen molar-refractivity contribution >= 4 is 72.6 Å². The molecule has 20 heteroatoms. The van der Waals surface area contributed by atoms with Crippen LogP contribution in [0.4, 0.5) is 37.2 Å². The highest BCUT2D eigenvalue weighted by atomic mass is 35.5. The van der Waals surface area contributed by atoms with Crippen molar-refractivity contribution in [2.24, 2.45) is 5.41 Å². The van der Waals surface area contributed by atoms with Crippen molar-refractivity contribution in [3.8, 4) is 5.88 Å². The molecular weight excluding hydrogens is 898 g/mol. The first-order chi connectivity index (χ1) is 31.5. The van der Waals surface area contributed by atoms with Gasteiger partial charge in [-0.2, -0.15) is 13.8 Å². The van der Waals surface area contributed by atoms with Gasteiger partial charge in [0.15, 0.2) is 0 Å². The van der Waals surface area contributed by atoms with Crippen LogP contribution in [0.2, 0.25) is 5.02 Å². The number of rotatable bonds is 12. The molecule has 4 aliphatic rings. The second-order valence-electron chi connectivity index (χ2n) is 17.8. The molecule has 348 valence electrons. The van der Waals surface area contributed by atoms with Crippen LogP contribution in [-0.2, 0) is 19.5 Å². The van der Waals surface area contributed by atoms with E-state index in [-0.39, 0.29) is 53.2 Å². The number of nitrogens with one attached hydrogen (secondary N) is 3. The van der Waals surface area contributed by atoms with E-state index < -0.39 is 44.1 Å². The Morgan fingerprint density at radius 2 is 1.80 bits per heavy atom. The number of nitro groups is 1. The fourth-order valence-corrected chi connectivity index (χ4v) is 10.1. The Morgan fingerprint density at radius 1 is 1.02 bits per heavy atom. The standard InChI is InChI=1S/C46H49ClF2N8O8S/c1-45(2)13-11-31(37(24-45)29-3-5-32(47)6-4-29)26-54-15-17-55(18-16-54)33-7-9-36(39(22-33)56-28-46(48,49)65-44-41(56)21-30-12-14-50-42(30)52-44)43(58)53-66(61,62)35-8-10-38(40(23-35)57(59)60)51-25-34-27-63-19-20-64-34/h3-10,12,14,21-23,34,51H,11,13,15-20,24-28H2,1-2H3,(H,50,52)(H,53,58). The number of pyridine rings is 1. The maximum Gasteiger partial charge on any atom is 0.417 e. The van der Waals surface area contributed by atoms with Crippen LogP contribution in [0.25, 0.3) is 16.6 Å². The molecule has 3 aromatic carbocycles. The number of halogens is 3. The van der Waals surface area contributed by atoms with Crippen molar-refractivity contribution in [3.63, 3.8) is 0 Å². The van der Waals surface area contributed by atoms with Gasteiger partial charge in [-0.3, -0.25) is 19.8 Å². The molecule has 2 saturated heterocycles. The number of carbonyl (C=O) groups excluding carboxylic acids is 1. The molecule has 0 spiro atoms. The van der Waals surface area contributed by atoms with Crippen LogP contribution >= 0.6 is 11.6 Å². The lowest BCUT2D eigenvalue weighted by Gasteiger charge is -2.40. The zero-order valence-corrected chi connectivity index (χ0v) is 37.9. The van der Waals surface area contributed by atoms with Gasteiger partial charge in [-0.1, -0.05) is 43.2 Å². The summed E-state index contributed by atoms with van der Waals surface area (Å²) in [5, 5.41) is 16.3. The lowest BCUT2D eigenvalue weighted by molar-refractivity contribution is -0.384. The number of alkyl halides is 2. The molecular formula is C46H49ClF2N8O8S. The number of aromatic nitrogens is 2. The monoisotopic (exact) mass is 946 g/mol. The molecule has 5 aromatic rings. The van der Waals surface area contributed by atoms with Gasteiger partial charge >= 0.3 is 6.11 Å². The molecule has 16 nitrogen and oxygen atoms in total. The maximum absolute atomic E-state index is 15.5. The maximum atomic E-state index is 15.5. The summed E-state index contributed by atoms with van der Waals surface area (Å²) in [6.45, 7) is 8.19. The molecule has 0 saturated carbocycles. The average molecular weight is 947 g/mol. The summed E-state index contributed by atoms with van der Waals surface area (Å²) in [6.07, 6.45) is 0.484. The van der Waals surface area contributed by atoms with E-state index in [1.807, 2.05) is 16.9 Å². The Bertz CT molecular complexity index is 2810. The van der Waals surface area contributed by atoms with Crippen molar-refractivity contribution in [3.05, 3.63) is 111 Å². The predicted octanol–water partition coefficient (Wildman–Crippen LogP) is 7.98. The Balaban J connectivity index is 0.999. The van der Waals surface area contributed by atoms with E-state index in [4.69, 9.17) is 25.8 Å². The van der Waals surface area contributed by atoms with Gasteiger partial charge in [-0.15, -0.1) is 0 Å². The molecule has 2 fully saturated rings. The van der Waals surface area contributed by atoms with E-state index in [1.54, 1.807) is 30.5 Å². The van der Waals surface area contributed by atoms with E-state index >= 15 is 8.78 Å². The van der Waals surface area contributed by atoms with E-state index in [9.17, 15) is 23.3 Å². The number of nitrogens with zero attached hydrogens (tertiary/aromatic N) is 5. The third-order valence-corrected chi connectivity index (χ3v) is 14.1. The van der Waals surface area contributed by atoms with Gasteiger partial charge in [0.05, 0.1) is 47.0 Å². The number of H-pyrrole nitrogens is 1.